The molecule has 3 heteroatoms. The minimum atomic E-state index is 0.195. The van der Waals surface area contributed by atoms with Crippen molar-refractivity contribution < 1.29 is 4.79 Å². The number of nitrogens with two attached hydrogens (primary N) is 1. The Bertz CT molecular complexity index is 257. The molecule has 1 amide bonds. The average Bonchev–Trinajstić information content (AvgIpc) is 2.31. The van der Waals surface area contributed by atoms with Gasteiger partial charge in [-0.3, -0.25) is 4.79 Å². The van der Waals surface area contributed by atoms with Crippen molar-refractivity contribution in [1.29, 1.82) is 0 Å². The van der Waals surface area contributed by atoms with Crippen LogP contribution >= 0.6 is 0 Å². The quantitative estimate of drug-likeness (QED) is 0.571. The minimum absolute atomic E-state index is 0.195. The lowest BCUT2D eigenvalue weighted by Crippen LogP contribution is -2.28. The lowest BCUT2D eigenvalue weighted by atomic mass is 10.2. The van der Waals surface area contributed by atoms with E-state index in [1.54, 1.807) is 17.1 Å². The standard InChI is InChI=1S/C11H19NO.C3H7N/c1-5-8-10(4)12(7-3)11(13)9-6-2;1-2-3-4/h5,8H,1,6-7,9H2,2-4H3;2H,1,3-4H2/b10-8+;. The summed E-state index contributed by atoms with van der Waals surface area (Å²) in [5.74, 6) is 0.195. The first-order valence-electron chi connectivity index (χ1n) is 5.99. The summed E-state index contributed by atoms with van der Waals surface area (Å²) in [5, 5.41) is 0. The number of allylic oxidation sites excluding steroid dienone is 3. The maximum absolute atomic E-state index is 11.5. The van der Waals surface area contributed by atoms with E-state index in [4.69, 9.17) is 5.73 Å². The molecule has 0 aliphatic rings. The molecule has 0 aliphatic heterocycles. The first kappa shape index (κ1) is 18.0. The first-order chi connectivity index (χ1) is 8.08. The SMILES string of the molecule is C=C/C=C(\C)N(CC)C(=O)CCC.C=CCN. The zero-order valence-electron chi connectivity index (χ0n) is 11.4. The summed E-state index contributed by atoms with van der Waals surface area (Å²) in [7, 11) is 0. The Hall–Kier alpha value is -1.35. The molecule has 3 nitrogen and oxygen atoms in total. The molecule has 0 spiro atoms. The summed E-state index contributed by atoms with van der Waals surface area (Å²) < 4.78 is 0. The summed E-state index contributed by atoms with van der Waals surface area (Å²) >= 11 is 0. The van der Waals surface area contributed by atoms with E-state index in [-0.39, 0.29) is 5.91 Å². The smallest absolute Gasteiger partial charge is 0.226 e. The van der Waals surface area contributed by atoms with Gasteiger partial charge in [-0.25, -0.2) is 0 Å². The second-order valence-corrected chi connectivity index (χ2v) is 3.46. The summed E-state index contributed by atoms with van der Waals surface area (Å²) in [6, 6.07) is 0. The van der Waals surface area contributed by atoms with Crippen molar-refractivity contribution in [3.05, 3.63) is 37.1 Å². The normalized spacial score (nSPS) is 10.0. The van der Waals surface area contributed by atoms with Gasteiger partial charge in [0.2, 0.25) is 5.91 Å². The van der Waals surface area contributed by atoms with E-state index in [0.717, 1.165) is 18.7 Å². The number of carbonyl (C=O) groups is 1. The topological polar surface area (TPSA) is 46.3 Å². The number of hydrogen-bond donors (Lipinski definition) is 1. The predicted octanol–water partition coefficient (Wildman–Crippen LogP) is 2.86. The molecule has 0 unspecified atom stereocenters. The fourth-order valence-electron chi connectivity index (χ4n) is 1.23. The second kappa shape index (κ2) is 12.7. The highest BCUT2D eigenvalue weighted by atomic mass is 16.2. The van der Waals surface area contributed by atoms with Crippen LogP contribution in [0, 0.1) is 0 Å². The van der Waals surface area contributed by atoms with Crippen LogP contribution in [0.5, 0.6) is 0 Å². The van der Waals surface area contributed by atoms with Gasteiger partial charge in [0.15, 0.2) is 0 Å². The number of hydrogen-bond acceptors (Lipinski definition) is 2. The van der Waals surface area contributed by atoms with Crippen LogP contribution in [0.25, 0.3) is 0 Å². The maximum Gasteiger partial charge on any atom is 0.226 e. The first-order valence-corrected chi connectivity index (χ1v) is 5.99. The van der Waals surface area contributed by atoms with Crippen LogP contribution < -0.4 is 5.73 Å². The molecule has 0 heterocycles. The fourth-order valence-corrected chi connectivity index (χ4v) is 1.23. The van der Waals surface area contributed by atoms with Gasteiger partial charge in [0.1, 0.15) is 0 Å². The van der Waals surface area contributed by atoms with Crippen LogP contribution in [0.15, 0.2) is 37.1 Å². The van der Waals surface area contributed by atoms with Crippen LogP contribution in [0.3, 0.4) is 0 Å². The highest BCUT2D eigenvalue weighted by Crippen LogP contribution is 2.06. The van der Waals surface area contributed by atoms with Crippen molar-refractivity contribution in [3.63, 3.8) is 0 Å². The monoisotopic (exact) mass is 238 g/mol. The molecule has 0 aromatic heterocycles. The van der Waals surface area contributed by atoms with Gasteiger partial charge in [0, 0.05) is 25.2 Å². The van der Waals surface area contributed by atoms with Crippen LogP contribution in [0.1, 0.15) is 33.6 Å². The molecule has 0 rings (SSSR count). The van der Waals surface area contributed by atoms with Gasteiger partial charge in [-0.05, 0) is 26.3 Å². The molecule has 0 aromatic rings. The highest BCUT2D eigenvalue weighted by molar-refractivity contribution is 5.77. The molecule has 2 N–H and O–H groups in total. The van der Waals surface area contributed by atoms with E-state index in [1.807, 2.05) is 26.8 Å². The summed E-state index contributed by atoms with van der Waals surface area (Å²) in [6.45, 7) is 14.2. The molecule has 98 valence electrons. The molecule has 0 saturated carbocycles. The summed E-state index contributed by atoms with van der Waals surface area (Å²) in [6.07, 6.45) is 6.74. The van der Waals surface area contributed by atoms with Gasteiger partial charge in [-0.15, -0.1) is 6.58 Å². The van der Waals surface area contributed by atoms with E-state index in [9.17, 15) is 4.79 Å². The Balaban J connectivity index is 0. The molecule has 17 heavy (non-hydrogen) atoms. The highest BCUT2D eigenvalue weighted by Gasteiger charge is 2.10. The van der Waals surface area contributed by atoms with Crippen LogP contribution in [-0.2, 0) is 4.79 Å². The molecule has 0 bridgehead atoms. The van der Waals surface area contributed by atoms with Gasteiger partial charge < -0.3 is 10.6 Å². The average molecular weight is 238 g/mol. The van der Waals surface area contributed by atoms with Crippen molar-refractivity contribution in [2.24, 2.45) is 5.73 Å². The summed E-state index contributed by atoms with van der Waals surface area (Å²) in [4.78, 5) is 13.3. The van der Waals surface area contributed by atoms with Crippen molar-refractivity contribution in [1.82, 2.24) is 4.90 Å². The minimum Gasteiger partial charge on any atom is -0.327 e. The molecule has 0 atom stereocenters. The van der Waals surface area contributed by atoms with Crippen molar-refractivity contribution in [3.8, 4) is 0 Å². The Kier molecular flexibility index (Phi) is 13.5. The Labute approximate surface area is 106 Å². The molecule has 0 aliphatic carbocycles. The van der Waals surface area contributed by atoms with Crippen LogP contribution in [0.4, 0.5) is 0 Å². The molecule has 0 radical (unpaired) electrons. The fraction of sp³-hybridized carbons (Fsp3) is 0.500. The van der Waals surface area contributed by atoms with Crippen LogP contribution in [0.2, 0.25) is 0 Å². The number of amides is 1. The molecular weight excluding hydrogens is 212 g/mol. The number of nitrogens with zero attached hydrogens (tertiary/aromatic N) is 1. The van der Waals surface area contributed by atoms with Gasteiger partial charge in [0.05, 0.1) is 0 Å². The van der Waals surface area contributed by atoms with Gasteiger partial charge >= 0.3 is 0 Å². The Morgan fingerprint density at radius 2 is 1.88 bits per heavy atom. The lowest BCUT2D eigenvalue weighted by molar-refractivity contribution is -0.129. The third-order valence-corrected chi connectivity index (χ3v) is 2.03. The lowest BCUT2D eigenvalue weighted by Gasteiger charge is -2.21. The van der Waals surface area contributed by atoms with Crippen LogP contribution in [-0.4, -0.2) is 23.9 Å². The Morgan fingerprint density at radius 1 is 1.35 bits per heavy atom. The van der Waals surface area contributed by atoms with Gasteiger partial charge in [-0.1, -0.05) is 25.7 Å². The van der Waals surface area contributed by atoms with Crippen molar-refractivity contribution >= 4 is 5.91 Å². The Morgan fingerprint density at radius 3 is 2.18 bits per heavy atom. The van der Waals surface area contributed by atoms with Crippen molar-refractivity contribution in [2.45, 2.75) is 33.6 Å². The number of rotatable bonds is 6. The van der Waals surface area contributed by atoms with Gasteiger partial charge in [-0.2, -0.15) is 0 Å². The predicted molar refractivity (Wildman–Crippen MR) is 75.5 cm³/mol. The summed E-state index contributed by atoms with van der Waals surface area (Å²) in [5.41, 5.74) is 5.88. The molecule has 0 fully saturated rings. The molecule has 0 aromatic carbocycles. The van der Waals surface area contributed by atoms with E-state index in [0.29, 0.717) is 13.0 Å². The largest absolute Gasteiger partial charge is 0.327 e. The zero-order chi connectivity index (χ0) is 13.7. The van der Waals surface area contributed by atoms with E-state index in [2.05, 4.69) is 13.2 Å². The van der Waals surface area contributed by atoms with Gasteiger partial charge in [0.25, 0.3) is 0 Å². The van der Waals surface area contributed by atoms with E-state index < -0.39 is 0 Å². The third-order valence-electron chi connectivity index (χ3n) is 2.03. The maximum atomic E-state index is 11.5. The molecular formula is C14H26N2O. The molecule has 0 saturated heterocycles. The zero-order valence-corrected chi connectivity index (χ0v) is 11.4. The number of carbonyl (C=O) groups excluding carboxylic acids is 1. The third kappa shape index (κ3) is 9.57. The van der Waals surface area contributed by atoms with E-state index >= 15 is 0 Å². The van der Waals surface area contributed by atoms with E-state index in [1.165, 1.54) is 0 Å². The second-order valence-electron chi connectivity index (χ2n) is 3.46. The van der Waals surface area contributed by atoms with Crippen molar-refractivity contribution in [2.75, 3.05) is 13.1 Å².